The van der Waals surface area contributed by atoms with Crippen molar-refractivity contribution in [3.8, 4) is 5.75 Å². The Kier molecular flexibility index (Phi) is 6.62. The molecule has 28 heavy (non-hydrogen) atoms. The lowest BCUT2D eigenvalue weighted by Crippen LogP contribution is -2.13. The molecule has 0 aliphatic heterocycles. The third-order valence-corrected chi connectivity index (χ3v) is 5.58. The Hall–Kier alpha value is -2.91. The van der Waals surface area contributed by atoms with Crippen molar-refractivity contribution in [3.63, 3.8) is 0 Å². The monoisotopic (exact) mass is 414 g/mol. The molecular weight excluding hydrogens is 396 g/mol. The van der Waals surface area contributed by atoms with Crippen LogP contribution in [0.3, 0.4) is 0 Å². The number of amides is 2. The Morgan fingerprint density at radius 2 is 1.93 bits per heavy atom. The molecule has 1 aromatic heterocycles. The second-order valence-corrected chi connectivity index (χ2v) is 7.93. The van der Waals surface area contributed by atoms with E-state index >= 15 is 0 Å². The lowest BCUT2D eigenvalue weighted by Gasteiger charge is -2.06. The Bertz CT molecular complexity index is 991. The van der Waals surface area contributed by atoms with Crippen LogP contribution in [0.25, 0.3) is 0 Å². The summed E-state index contributed by atoms with van der Waals surface area (Å²) in [6, 6.07) is 14.5. The number of carbonyl (C=O) groups is 2. The molecule has 2 aromatic carbocycles. The fourth-order valence-electron chi connectivity index (χ4n) is 2.36. The van der Waals surface area contributed by atoms with Gasteiger partial charge in [0, 0.05) is 5.69 Å². The second kappa shape index (κ2) is 9.34. The molecule has 0 saturated carbocycles. The number of benzene rings is 2. The number of carbonyl (C=O) groups excluding carboxylic acids is 2. The number of nitrogens with one attached hydrogen (secondary N) is 2. The van der Waals surface area contributed by atoms with E-state index in [0.717, 1.165) is 11.3 Å². The Balaban J connectivity index is 1.54. The number of nitrogens with zero attached hydrogens (tertiary/aromatic N) is 2. The van der Waals surface area contributed by atoms with Crippen LogP contribution < -0.4 is 15.4 Å². The molecule has 0 spiro atoms. The maximum absolute atomic E-state index is 12.4. The summed E-state index contributed by atoms with van der Waals surface area (Å²) in [7, 11) is 1.51. The molecule has 2 N–H and O–H groups in total. The molecule has 0 saturated heterocycles. The summed E-state index contributed by atoms with van der Waals surface area (Å²) in [5, 5.41) is 13.9. The third kappa shape index (κ3) is 5.30. The van der Waals surface area contributed by atoms with E-state index in [1.807, 2.05) is 31.2 Å². The second-order valence-electron chi connectivity index (χ2n) is 5.73. The normalized spacial score (nSPS) is 10.4. The molecule has 9 heteroatoms. The van der Waals surface area contributed by atoms with Crippen molar-refractivity contribution in [2.45, 2.75) is 11.3 Å². The Morgan fingerprint density at radius 3 is 2.71 bits per heavy atom. The summed E-state index contributed by atoms with van der Waals surface area (Å²) in [5.74, 6) is 0.211. The molecule has 7 nitrogen and oxygen atoms in total. The van der Waals surface area contributed by atoms with Gasteiger partial charge in [0.25, 0.3) is 5.91 Å². The predicted molar refractivity (Wildman–Crippen MR) is 111 cm³/mol. The summed E-state index contributed by atoms with van der Waals surface area (Å²) in [5.41, 5.74) is 2.24. The minimum Gasteiger partial charge on any atom is -0.496 e. The molecule has 0 aliphatic rings. The minimum atomic E-state index is -0.331. The fraction of sp³-hybridized carbons (Fsp3) is 0.158. The van der Waals surface area contributed by atoms with Crippen molar-refractivity contribution in [3.05, 3.63) is 59.7 Å². The van der Waals surface area contributed by atoms with Gasteiger partial charge in [-0.2, -0.15) is 0 Å². The van der Waals surface area contributed by atoms with Crippen LogP contribution >= 0.6 is 23.1 Å². The zero-order chi connectivity index (χ0) is 19.9. The van der Waals surface area contributed by atoms with Gasteiger partial charge in [-0.3, -0.25) is 14.9 Å². The van der Waals surface area contributed by atoms with Crippen molar-refractivity contribution in [1.29, 1.82) is 0 Å². The molecule has 0 radical (unpaired) electrons. The number of aryl methyl sites for hydroxylation is 1. The Morgan fingerprint density at radius 1 is 1.11 bits per heavy atom. The highest BCUT2D eigenvalue weighted by molar-refractivity contribution is 8.01. The average Bonchev–Trinajstić information content (AvgIpc) is 3.13. The largest absolute Gasteiger partial charge is 0.496 e. The average molecular weight is 415 g/mol. The van der Waals surface area contributed by atoms with Gasteiger partial charge in [-0.1, -0.05) is 47.4 Å². The molecule has 2 amide bonds. The molecule has 0 atom stereocenters. The van der Waals surface area contributed by atoms with Gasteiger partial charge in [0.2, 0.25) is 11.0 Å². The van der Waals surface area contributed by atoms with Crippen LogP contribution in [-0.4, -0.2) is 34.9 Å². The standard InChI is InChI=1S/C19H18N4O3S2/c1-12-6-5-7-13(10-12)20-16(24)11-27-19-23-22-18(28-19)21-17(25)14-8-3-4-9-15(14)26-2/h3-10H,11H2,1-2H3,(H,20,24)(H,21,22,25). The van der Waals surface area contributed by atoms with Gasteiger partial charge in [0.1, 0.15) is 5.75 Å². The zero-order valence-corrected chi connectivity index (χ0v) is 16.9. The lowest BCUT2D eigenvalue weighted by atomic mass is 10.2. The van der Waals surface area contributed by atoms with Crippen LogP contribution in [0.4, 0.5) is 10.8 Å². The number of thioether (sulfide) groups is 1. The molecular formula is C19H18N4O3S2. The van der Waals surface area contributed by atoms with Gasteiger partial charge in [-0.05, 0) is 36.8 Å². The quantitative estimate of drug-likeness (QED) is 0.451. The summed E-state index contributed by atoms with van der Waals surface area (Å²) in [4.78, 5) is 24.5. The molecule has 3 rings (SSSR count). The number of methoxy groups -OCH3 is 1. The van der Waals surface area contributed by atoms with E-state index in [0.29, 0.717) is 20.8 Å². The van der Waals surface area contributed by atoms with Gasteiger partial charge < -0.3 is 10.1 Å². The van der Waals surface area contributed by atoms with Crippen LogP contribution in [0.1, 0.15) is 15.9 Å². The van der Waals surface area contributed by atoms with Crippen molar-refractivity contribution in [2.75, 3.05) is 23.5 Å². The molecule has 0 fully saturated rings. The van der Waals surface area contributed by atoms with E-state index < -0.39 is 0 Å². The first-order valence-electron chi connectivity index (χ1n) is 8.32. The van der Waals surface area contributed by atoms with E-state index in [2.05, 4.69) is 20.8 Å². The van der Waals surface area contributed by atoms with Crippen LogP contribution in [0.5, 0.6) is 5.75 Å². The van der Waals surface area contributed by atoms with Crippen molar-refractivity contribution in [2.24, 2.45) is 0 Å². The number of para-hydroxylation sites is 1. The zero-order valence-electron chi connectivity index (χ0n) is 15.3. The number of hydrogen-bond acceptors (Lipinski definition) is 7. The predicted octanol–water partition coefficient (Wildman–Crippen LogP) is 3.84. The lowest BCUT2D eigenvalue weighted by molar-refractivity contribution is -0.113. The molecule has 0 unspecified atom stereocenters. The maximum atomic E-state index is 12.4. The highest BCUT2D eigenvalue weighted by Crippen LogP contribution is 2.27. The first-order chi connectivity index (χ1) is 13.5. The summed E-state index contributed by atoms with van der Waals surface area (Å²) in [6.07, 6.45) is 0. The first-order valence-corrected chi connectivity index (χ1v) is 10.1. The van der Waals surface area contributed by atoms with Crippen LogP contribution in [0, 0.1) is 6.92 Å². The maximum Gasteiger partial charge on any atom is 0.261 e. The van der Waals surface area contributed by atoms with E-state index in [1.165, 1.54) is 30.2 Å². The summed E-state index contributed by atoms with van der Waals surface area (Å²) < 4.78 is 5.78. The highest BCUT2D eigenvalue weighted by atomic mass is 32.2. The smallest absolute Gasteiger partial charge is 0.261 e. The highest BCUT2D eigenvalue weighted by Gasteiger charge is 2.15. The van der Waals surface area contributed by atoms with Crippen LogP contribution in [0.15, 0.2) is 52.9 Å². The van der Waals surface area contributed by atoms with Crippen molar-refractivity contribution >= 4 is 45.7 Å². The van der Waals surface area contributed by atoms with E-state index in [1.54, 1.807) is 24.3 Å². The number of aromatic nitrogens is 2. The fourth-order valence-corrected chi connectivity index (χ4v) is 3.91. The Labute approximate surface area is 170 Å². The van der Waals surface area contributed by atoms with Gasteiger partial charge in [-0.25, -0.2) is 0 Å². The topological polar surface area (TPSA) is 93.2 Å². The summed E-state index contributed by atoms with van der Waals surface area (Å²) in [6.45, 7) is 1.96. The van der Waals surface area contributed by atoms with E-state index in [9.17, 15) is 9.59 Å². The van der Waals surface area contributed by atoms with Gasteiger partial charge >= 0.3 is 0 Å². The van der Waals surface area contributed by atoms with Gasteiger partial charge in [0.15, 0.2) is 4.34 Å². The number of ether oxygens (including phenoxy) is 1. The third-order valence-electron chi connectivity index (χ3n) is 3.61. The molecule has 0 aliphatic carbocycles. The number of anilines is 2. The molecule has 0 bridgehead atoms. The molecule has 144 valence electrons. The SMILES string of the molecule is COc1ccccc1C(=O)Nc1nnc(SCC(=O)Nc2cccc(C)c2)s1. The van der Waals surface area contributed by atoms with Crippen LogP contribution in [0.2, 0.25) is 0 Å². The van der Waals surface area contributed by atoms with Crippen molar-refractivity contribution < 1.29 is 14.3 Å². The van der Waals surface area contributed by atoms with Gasteiger partial charge in [0.05, 0.1) is 18.4 Å². The van der Waals surface area contributed by atoms with E-state index in [4.69, 9.17) is 4.74 Å². The number of rotatable bonds is 7. The van der Waals surface area contributed by atoms with E-state index in [-0.39, 0.29) is 17.6 Å². The number of hydrogen-bond donors (Lipinski definition) is 2. The molecule has 3 aromatic rings. The van der Waals surface area contributed by atoms with Crippen molar-refractivity contribution in [1.82, 2.24) is 10.2 Å². The first kappa shape index (κ1) is 19.8. The minimum absolute atomic E-state index is 0.134. The summed E-state index contributed by atoms with van der Waals surface area (Å²) >= 11 is 2.47. The van der Waals surface area contributed by atoms with Gasteiger partial charge in [-0.15, -0.1) is 10.2 Å². The molecule has 1 heterocycles. The van der Waals surface area contributed by atoms with Crippen LogP contribution in [-0.2, 0) is 4.79 Å².